The Morgan fingerprint density at radius 3 is 2.47 bits per heavy atom. The summed E-state index contributed by atoms with van der Waals surface area (Å²) in [7, 11) is 3.24. The second kappa shape index (κ2) is 11.9. The number of halogens is 1. The lowest BCUT2D eigenvalue weighted by atomic mass is 10.1. The molecule has 164 valence electrons. The number of nitrogens with one attached hydrogen (secondary N) is 1. The molecule has 0 aromatic heterocycles. The maximum absolute atomic E-state index is 6.25. The minimum Gasteiger partial charge on any atom is -0.493 e. The predicted molar refractivity (Wildman–Crippen MR) is 131 cm³/mol. The molecular weight excluding hydrogens is 493 g/mol. The second-order valence-corrected chi connectivity index (χ2v) is 7.38. The van der Waals surface area contributed by atoms with Gasteiger partial charge in [-0.3, -0.25) is 0 Å². The van der Waals surface area contributed by atoms with Crippen LogP contribution in [0.3, 0.4) is 0 Å². The number of guanidine groups is 1. The fourth-order valence-electron chi connectivity index (χ4n) is 3.50. The van der Waals surface area contributed by atoms with Crippen molar-refractivity contribution in [2.75, 3.05) is 14.2 Å². The zero-order chi connectivity index (χ0) is 20.6. The van der Waals surface area contributed by atoms with Crippen LogP contribution in [0.5, 0.6) is 17.2 Å². The van der Waals surface area contributed by atoms with Crippen molar-refractivity contribution in [3.63, 3.8) is 0 Å². The molecule has 7 heteroatoms. The third kappa shape index (κ3) is 6.68. The van der Waals surface area contributed by atoms with E-state index in [1.165, 1.54) is 18.4 Å². The lowest BCUT2D eigenvalue weighted by molar-refractivity contribution is 0.207. The monoisotopic (exact) mass is 525 g/mol. The van der Waals surface area contributed by atoms with Gasteiger partial charge in [-0.25, -0.2) is 4.99 Å². The SMILES string of the molecule is COc1ccc(CN=C(N)NCc2ccc(C)cc2OC2CCCC2)cc1OC.I. The molecule has 6 nitrogen and oxygen atoms in total. The Morgan fingerprint density at radius 2 is 1.77 bits per heavy atom. The molecule has 2 aromatic rings. The Labute approximate surface area is 196 Å². The summed E-state index contributed by atoms with van der Waals surface area (Å²) in [5.74, 6) is 2.71. The smallest absolute Gasteiger partial charge is 0.189 e. The number of hydrogen-bond donors (Lipinski definition) is 2. The number of hydrogen-bond acceptors (Lipinski definition) is 4. The van der Waals surface area contributed by atoms with Gasteiger partial charge in [0.2, 0.25) is 0 Å². The van der Waals surface area contributed by atoms with E-state index in [2.05, 4.69) is 35.4 Å². The molecule has 0 aliphatic heterocycles. The van der Waals surface area contributed by atoms with Crippen LogP contribution < -0.4 is 25.3 Å². The average molecular weight is 525 g/mol. The van der Waals surface area contributed by atoms with E-state index in [-0.39, 0.29) is 24.0 Å². The van der Waals surface area contributed by atoms with Crippen LogP contribution in [-0.2, 0) is 13.1 Å². The van der Waals surface area contributed by atoms with Gasteiger partial charge >= 0.3 is 0 Å². The van der Waals surface area contributed by atoms with Crippen molar-refractivity contribution in [1.29, 1.82) is 0 Å². The molecule has 0 heterocycles. The van der Waals surface area contributed by atoms with E-state index in [1.807, 2.05) is 18.2 Å². The van der Waals surface area contributed by atoms with Gasteiger partial charge in [0.25, 0.3) is 0 Å². The van der Waals surface area contributed by atoms with Crippen molar-refractivity contribution in [2.24, 2.45) is 10.7 Å². The van der Waals surface area contributed by atoms with Crippen molar-refractivity contribution < 1.29 is 14.2 Å². The van der Waals surface area contributed by atoms with Crippen molar-refractivity contribution in [2.45, 2.75) is 51.8 Å². The molecule has 0 amide bonds. The summed E-state index contributed by atoms with van der Waals surface area (Å²) in [4.78, 5) is 4.44. The van der Waals surface area contributed by atoms with Gasteiger partial charge in [-0.1, -0.05) is 18.2 Å². The van der Waals surface area contributed by atoms with Crippen LogP contribution >= 0.6 is 24.0 Å². The number of nitrogens with two attached hydrogens (primary N) is 1. The second-order valence-electron chi connectivity index (χ2n) is 7.38. The molecule has 1 fully saturated rings. The van der Waals surface area contributed by atoms with E-state index >= 15 is 0 Å². The highest BCUT2D eigenvalue weighted by Crippen LogP contribution is 2.28. The van der Waals surface area contributed by atoms with Gasteiger partial charge in [-0.05, 0) is 61.9 Å². The van der Waals surface area contributed by atoms with Gasteiger partial charge < -0.3 is 25.3 Å². The van der Waals surface area contributed by atoms with E-state index < -0.39 is 0 Å². The molecule has 0 unspecified atom stereocenters. The molecule has 0 atom stereocenters. The quantitative estimate of drug-likeness (QED) is 0.300. The Kier molecular flexibility index (Phi) is 9.55. The molecule has 3 rings (SSSR count). The van der Waals surface area contributed by atoms with Crippen LogP contribution in [0.2, 0.25) is 0 Å². The fraction of sp³-hybridized carbons (Fsp3) is 0.435. The zero-order valence-corrected chi connectivity index (χ0v) is 20.3. The lowest BCUT2D eigenvalue weighted by Crippen LogP contribution is -2.31. The number of benzene rings is 2. The average Bonchev–Trinajstić information content (AvgIpc) is 3.24. The third-order valence-corrected chi connectivity index (χ3v) is 5.16. The van der Waals surface area contributed by atoms with Gasteiger partial charge in [-0.2, -0.15) is 0 Å². The summed E-state index contributed by atoms with van der Waals surface area (Å²) in [5.41, 5.74) is 9.36. The Hall–Kier alpha value is -2.16. The summed E-state index contributed by atoms with van der Waals surface area (Å²) in [6.45, 7) is 3.11. The normalized spacial score (nSPS) is 14.2. The minimum absolute atomic E-state index is 0. The molecular formula is C23H32IN3O3. The largest absolute Gasteiger partial charge is 0.493 e. The van der Waals surface area contributed by atoms with Crippen LogP contribution in [0.25, 0.3) is 0 Å². The van der Waals surface area contributed by atoms with Crippen molar-refractivity contribution in [3.05, 3.63) is 53.1 Å². The van der Waals surface area contributed by atoms with Gasteiger partial charge in [0.05, 0.1) is 26.9 Å². The summed E-state index contributed by atoms with van der Waals surface area (Å²) in [6.07, 6.45) is 5.09. The lowest BCUT2D eigenvalue weighted by Gasteiger charge is -2.17. The molecule has 1 saturated carbocycles. The van der Waals surface area contributed by atoms with Gasteiger partial charge in [-0.15, -0.1) is 24.0 Å². The molecule has 30 heavy (non-hydrogen) atoms. The first-order valence-electron chi connectivity index (χ1n) is 10.1. The molecule has 0 spiro atoms. The van der Waals surface area contributed by atoms with Crippen LogP contribution in [0.1, 0.15) is 42.4 Å². The van der Waals surface area contributed by atoms with Gasteiger partial charge in [0, 0.05) is 12.1 Å². The van der Waals surface area contributed by atoms with Crippen molar-refractivity contribution >= 4 is 29.9 Å². The summed E-state index contributed by atoms with van der Waals surface area (Å²) >= 11 is 0. The Bertz CT molecular complexity index is 852. The van der Waals surface area contributed by atoms with E-state index in [0.29, 0.717) is 36.7 Å². The highest BCUT2D eigenvalue weighted by Gasteiger charge is 2.18. The molecule has 0 saturated heterocycles. The predicted octanol–water partition coefficient (Wildman–Crippen LogP) is 4.56. The number of aliphatic imine (C=N–C) groups is 1. The molecule has 1 aliphatic carbocycles. The van der Waals surface area contributed by atoms with E-state index in [4.69, 9.17) is 19.9 Å². The molecule has 0 radical (unpaired) electrons. The first-order valence-corrected chi connectivity index (χ1v) is 10.1. The van der Waals surface area contributed by atoms with E-state index in [1.54, 1.807) is 14.2 Å². The first-order chi connectivity index (χ1) is 14.1. The van der Waals surface area contributed by atoms with Crippen molar-refractivity contribution in [3.8, 4) is 17.2 Å². The molecule has 3 N–H and O–H groups in total. The van der Waals surface area contributed by atoms with E-state index in [0.717, 1.165) is 29.7 Å². The maximum Gasteiger partial charge on any atom is 0.189 e. The molecule has 2 aromatic carbocycles. The number of nitrogens with zero attached hydrogens (tertiary/aromatic N) is 1. The van der Waals surface area contributed by atoms with Crippen LogP contribution in [0.15, 0.2) is 41.4 Å². The minimum atomic E-state index is 0. The number of methoxy groups -OCH3 is 2. The first kappa shape index (κ1) is 24.1. The third-order valence-electron chi connectivity index (χ3n) is 5.16. The van der Waals surface area contributed by atoms with Gasteiger partial charge in [0.15, 0.2) is 17.5 Å². The number of ether oxygens (including phenoxy) is 3. The van der Waals surface area contributed by atoms with Crippen molar-refractivity contribution in [1.82, 2.24) is 5.32 Å². The number of rotatable bonds is 8. The Morgan fingerprint density at radius 1 is 1.03 bits per heavy atom. The number of aryl methyl sites for hydroxylation is 1. The highest BCUT2D eigenvalue weighted by atomic mass is 127. The van der Waals surface area contributed by atoms with Crippen LogP contribution in [0.4, 0.5) is 0 Å². The fourth-order valence-corrected chi connectivity index (χ4v) is 3.50. The highest BCUT2D eigenvalue weighted by molar-refractivity contribution is 14.0. The van der Waals surface area contributed by atoms with E-state index in [9.17, 15) is 0 Å². The summed E-state index contributed by atoms with van der Waals surface area (Å²) in [6, 6.07) is 12.0. The molecule has 0 bridgehead atoms. The molecule has 1 aliphatic rings. The van der Waals surface area contributed by atoms with Crippen LogP contribution in [0, 0.1) is 6.92 Å². The maximum atomic E-state index is 6.25. The zero-order valence-electron chi connectivity index (χ0n) is 17.9. The Balaban J connectivity index is 0.00000320. The topological polar surface area (TPSA) is 78.1 Å². The van der Waals surface area contributed by atoms with Gasteiger partial charge in [0.1, 0.15) is 5.75 Å². The standard InChI is InChI=1S/C23H31N3O3.HI/c1-16-8-10-18(21(12-16)29-19-6-4-5-7-19)15-26-23(24)25-14-17-9-11-20(27-2)22(13-17)28-3;/h8-13,19H,4-7,14-15H2,1-3H3,(H3,24,25,26);1H. The summed E-state index contributed by atoms with van der Waals surface area (Å²) in [5, 5.41) is 3.20. The van der Waals surface area contributed by atoms with Crippen LogP contribution in [-0.4, -0.2) is 26.3 Å². The summed E-state index contributed by atoms with van der Waals surface area (Å²) < 4.78 is 16.8.